The molecule has 0 radical (unpaired) electrons. The van der Waals surface area contributed by atoms with Crippen LogP contribution in [0.5, 0.6) is 0 Å². The zero-order valence-electron chi connectivity index (χ0n) is 17.3. The first-order valence-corrected chi connectivity index (χ1v) is 23.7. The van der Waals surface area contributed by atoms with Gasteiger partial charge in [0.15, 0.2) is 25.7 Å². The molecular formula is C14H40O4Si5. The fraction of sp³-hybridized carbons (Fsp3) is 1.00. The van der Waals surface area contributed by atoms with Crippen LogP contribution < -0.4 is 0 Å². The molecule has 23 heavy (non-hydrogen) atoms. The third-order valence-corrected chi connectivity index (χ3v) is 17.1. The molecule has 1 unspecified atom stereocenters. The van der Waals surface area contributed by atoms with Crippen molar-refractivity contribution >= 4 is 42.8 Å². The van der Waals surface area contributed by atoms with Gasteiger partial charge in [-0.1, -0.05) is 0 Å². The summed E-state index contributed by atoms with van der Waals surface area (Å²) in [5.74, 6) is 0. The normalized spacial score (nSPS) is 16.7. The minimum Gasteiger partial charge on any atom is -0.439 e. The fourth-order valence-corrected chi connectivity index (χ4v) is 20.3. The van der Waals surface area contributed by atoms with Gasteiger partial charge in [0, 0.05) is 6.61 Å². The topological polar surface area (TPSA) is 36.9 Å². The van der Waals surface area contributed by atoms with E-state index in [0.717, 1.165) is 19.1 Å². The number of rotatable bonds is 11. The first-order valence-electron chi connectivity index (χ1n) is 8.76. The minimum absolute atomic E-state index is 0.821. The van der Waals surface area contributed by atoms with E-state index >= 15 is 0 Å². The molecule has 0 rings (SSSR count). The molecule has 0 aromatic carbocycles. The van der Waals surface area contributed by atoms with Crippen molar-refractivity contribution in [2.45, 2.75) is 84.5 Å². The lowest BCUT2D eigenvalue weighted by Gasteiger charge is -2.39. The molecule has 0 aromatic rings. The first-order chi connectivity index (χ1) is 10.0. The predicted molar refractivity (Wildman–Crippen MR) is 113 cm³/mol. The van der Waals surface area contributed by atoms with Crippen LogP contribution in [0.15, 0.2) is 0 Å². The van der Waals surface area contributed by atoms with Gasteiger partial charge in [-0.05, 0) is 84.5 Å². The van der Waals surface area contributed by atoms with Gasteiger partial charge in [-0.15, -0.1) is 0 Å². The van der Waals surface area contributed by atoms with Crippen LogP contribution in [0.25, 0.3) is 0 Å². The van der Waals surface area contributed by atoms with E-state index in [4.69, 9.17) is 16.8 Å². The monoisotopic (exact) mass is 412 g/mol. The quantitative estimate of drug-likeness (QED) is 0.358. The Morgan fingerprint density at radius 1 is 0.739 bits per heavy atom. The van der Waals surface area contributed by atoms with Crippen LogP contribution in [0.1, 0.15) is 6.42 Å². The van der Waals surface area contributed by atoms with E-state index < -0.39 is 42.8 Å². The highest BCUT2D eigenvalue weighted by molar-refractivity contribution is 6.87. The van der Waals surface area contributed by atoms with E-state index in [1.807, 2.05) is 0 Å². The van der Waals surface area contributed by atoms with Crippen LogP contribution in [0.3, 0.4) is 0 Å². The van der Waals surface area contributed by atoms with E-state index in [0.29, 0.717) is 0 Å². The summed E-state index contributed by atoms with van der Waals surface area (Å²) >= 11 is 0. The molecule has 0 amide bonds. The number of hydrogen-bond acceptors (Lipinski definition) is 4. The standard InChI is InChI=1S/C14H40O4Si5/c1-19(2)16-23(11,14-12-13-15-20(3,4)5)18-22(9,10)17-21(6,7)8/h19H,12-14H2,1-11H3. The smallest absolute Gasteiger partial charge is 0.315 e. The summed E-state index contributed by atoms with van der Waals surface area (Å²) in [6, 6.07) is 0.994. The summed E-state index contributed by atoms with van der Waals surface area (Å²) in [6.07, 6.45) is 1.02. The molecule has 0 spiro atoms. The van der Waals surface area contributed by atoms with Crippen LogP contribution in [-0.4, -0.2) is 49.4 Å². The lowest BCUT2D eigenvalue weighted by Crippen LogP contribution is -2.55. The van der Waals surface area contributed by atoms with E-state index in [2.05, 4.69) is 72.0 Å². The van der Waals surface area contributed by atoms with Gasteiger partial charge in [0.05, 0.1) is 0 Å². The summed E-state index contributed by atoms with van der Waals surface area (Å²) in [4.78, 5) is 0. The Morgan fingerprint density at radius 3 is 1.65 bits per heavy atom. The van der Waals surface area contributed by atoms with Crippen LogP contribution in [0, 0.1) is 0 Å². The third kappa shape index (κ3) is 13.8. The molecule has 0 heterocycles. The van der Waals surface area contributed by atoms with Gasteiger partial charge in [-0.3, -0.25) is 0 Å². The average molecular weight is 413 g/mol. The zero-order valence-corrected chi connectivity index (χ0v) is 22.5. The van der Waals surface area contributed by atoms with Crippen LogP contribution in [-0.2, 0) is 16.8 Å². The van der Waals surface area contributed by atoms with Crippen molar-refractivity contribution in [3.05, 3.63) is 0 Å². The van der Waals surface area contributed by atoms with Crippen molar-refractivity contribution in [1.82, 2.24) is 0 Å². The van der Waals surface area contributed by atoms with E-state index in [1.165, 1.54) is 0 Å². The lowest BCUT2D eigenvalue weighted by molar-refractivity contribution is 0.293. The molecule has 4 nitrogen and oxygen atoms in total. The SMILES string of the molecule is C[SiH](C)O[Si](C)(CCCO[Si](C)(C)C)O[Si](C)(C)O[Si](C)(C)C. The highest BCUT2D eigenvalue weighted by Gasteiger charge is 2.42. The second-order valence-corrected chi connectivity index (χ2v) is 28.1. The van der Waals surface area contributed by atoms with Crippen LogP contribution >= 0.6 is 0 Å². The summed E-state index contributed by atoms with van der Waals surface area (Å²) in [5.41, 5.74) is 0. The van der Waals surface area contributed by atoms with Gasteiger partial charge in [-0.25, -0.2) is 0 Å². The summed E-state index contributed by atoms with van der Waals surface area (Å²) in [5, 5.41) is 0. The average Bonchev–Trinajstić information content (AvgIpc) is 2.16. The number of hydrogen-bond donors (Lipinski definition) is 0. The van der Waals surface area contributed by atoms with Gasteiger partial charge in [0.25, 0.3) is 0 Å². The Bertz CT molecular complexity index is 352. The predicted octanol–water partition coefficient (Wildman–Crippen LogP) is 4.87. The maximum absolute atomic E-state index is 6.60. The molecule has 0 saturated heterocycles. The van der Waals surface area contributed by atoms with Crippen molar-refractivity contribution in [1.29, 1.82) is 0 Å². The Hall–Kier alpha value is 0.924. The van der Waals surface area contributed by atoms with Crippen LogP contribution in [0.2, 0.25) is 78.1 Å². The second kappa shape index (κ2) is 9.03. The first kappa shape index (κ1) is 23.9. The Labute approximate surface area is 150 Å². The van der Waals surface area contributed by atoms with Crippen molar-refractivity contribution in [3.8, 4) is 0 Å². The molecule has 0 aliphatic rings. The Kier molecular flexibility index (Phi) is 9.40. The summed E-state index contributed by atoms with van der Waals surface area (Å²) in [7, 11) is -8.51. The maximum Gasteiger partial charge on any atom is 0.315 e. The molecule has 0 aromatic heterocycles. The van der Waals surface area contributed by atoms with Gasteiger partial charge in [0.2, 0.25) is 0 Å². The van der Waals surface area contributed by atoms with Crippen molar-refractivity contribution in [3.63, 3.8) is 0 Å². The Balaban J connectivity index is 4.76. The molecule has 0 bridgehead atoms. The zero-order chi connectivity index (χ0) is 18.5. The highest BCUT2D eigenvalue weighted by Crippen LogP contribution is 2.25. The highest BCUT2D eigenvalue weighted by atomic mass is 28.5. The molecule has 0 saturated carbocycles. The van der Waals surface area contributed by atoms with Crippen LogP contribution in [0.4, 0.5) is 0 Å². The van der Waals surface area contributed by atoms with Gasteiger partial charge in [0.1, 0.15) is 0 Å². The van der Waals surface area contributed by atoms with E-state index in [9.17, 15) is 0 Å². The lowest BCUT2D eigenvalue weighted by atomic mass is 10.5. The second-order valence-electron chi connectivity index (χ2n) is 9.08. The van der Waals surface area contributed by atoms with Crippen molar-refractivity contribution in [2.75, 3.05) is 6.61 Å². The Morgan fingerprint density at radius 2 is 1.26 bits per heavy atom. The van der Waals surface area contributed by atoms with Gasteiger partial charge >= 0.3 is 17.1 Å². The molecule has 140 valence electrons. The molecule has 0 aliphatic carbocycles. The molecule has 1 atom stereocenters. The third-order valence-electron chi connectivity index (χ3n) is 2.81. The molecule has 0 N–H and O–H groups in total. The maximum atomic E-state index is 6.60. The van der Waals surface area contributed by atoms with Gasteiger partial charge < -0.3 is 16.8 Å². The van der Waals surface area contributed by atoms with E-state index in [1.54, 1.807) is 0 Å². The fourth-order valence-electron chi connectivity index (χ4n) is 2.68. The summed E-state index contributed by atoms with van der Waals surface area (Å²) in [6.45, 7) is 25.2. The molecule has 0 aliphatic heterocycles. The van der Waals surface area contributed by atoms with Crippen molar-refractivity contribution < 1.29 is 16.8 Å². The summed E-state index contributed by atoms with van der Waals surface area (Å²) < 4.78 is 25.4. The molecule has 9 heteroatoms. The van der Waals surface area contributed by atoms with Gasteiger partial charge in [-0.2, -0.15) is 0 Å². The largest absolute Gasteiger partial charge is 0.439 e. The molecular weight excluding hydrogens is 373 g/mol. The van der Waals surface area contributed by atoms with E-state index in [-0.39, 0.29) is 0 Å². The van der Waals surface area contributed by atoms with Crippen molar-refractivity contribution in [2.24, 2.45) is 0 Å². The molecule has 0 fully saturated rings. The minimum atomic E-state index is -2.19.